The first-order chi connectivity index (χ1) is 14.3. The summed E-state index contributed by atoms with van der Waals surface area (Å²) >= 11 is 0. The van der Waals surface area contributed by atoms with Crippen molar-refractivity contribution in [3.63, 3.8) is 0 Å². The summed E-state index contributed by atoms with van der Waals surface area (Å²) < 4.78 is 45.5. The van der Waals surface area contributed by atoms with Crippen molar-refractivity contribution < 1.29 is 32.3 Å². The Morgan fingerprint density at radius 1 is 1.33 bits per heavy atom. The van der Waals surface area contributed by atoms with E-state index in [-0.39, 0.29) is 43.6 Å². The molecule has 30 heavy (non-hydrogen) atoms. The number of benzene rings is 1. The van der Waals surface area contributed by atoms with E-state index in [4.69, 9.17) is 10.5 Å². The Balaban J connectivity index is 1.74. The molecule has 0 radical (unpaired) electrons. The molecule has 8 nitrogen and oxygen atoms in total. The molecule has 164 valence electrons. The number of hydrogen-bond acceptors (Lipinski definition) is 5. The maximum absolute atomic E-state index is 14.5. The van der Waals surface area contributed by atoms with Gasteiger partial charge in [-0.15, -0.1) is 0 Å². The summed E-state index contributed by atoms with van der Waals surface area (Å²) in [7, 11) is 0. The van der Waals surface area contributed by atoms with Gasteiger partial charge in [-0.3, -0.25) is 19.3 Å². The summed E-state index contributed by atoms with van der Waals surface area (Å²) in [5, 5.41) is 2.36. The Bertz CT molecular complexity index is 815. The predicted octanol–water partition coefficient (Wildman–Crippen LogP) is 0.958. The van der Waals surface area contributed by atoms with Crippen LogP contribution in [0.5, 0.6) is 0 Å². The fourth-order valence-electron chi connectivity index (χ4n) is 3.36. The smallest absolute Gasteiger partial charge is 0.253 e. The van der Waals surface area contributed by atoms with Crippen LogP contribution < -0.4 is 16.0 Å². The summed E-state index contributed by atoms with van der Waals surface area (Å²) in [5.74, 6) is -3.00. The number of carbonyl (C=O) groups excluding carboxylic acids is 3. The first-order valence-electron chi connectivity index (χ1n) is 9.56. The largest absolute Gasteiger partial charge is 0.370 e. The molecular formula is C19H23F3N4O4. The molecule has 2 fully saturated rings. The number of morpholine rings is 1. The number of alkyl halides is 2. The van der Waals surface area contributed by atoms with Crippen molar-refractivity contribution in [1.82, 2.24) is 4.90 Å². The Morgan fingerprint density at radius 3 is 2.63 bits per heavy atom. The first-order valence-corrected chi connectivity index (χ1v) is 9.56. The second-order valence-electron chi connectivity index (χ2n) is 7.35. The van der Waals surface area contributed by atoms with Crippen LogP contribution in [-0.2, 0) is 19.1 Å². The predicted molar refractivity (Wildman–Crippen MR) is 101 cm³/mol. The number of nitrogens with zero attached hydrogens (tertiary/aromatic N) is 2. The van der Waals surface area contributed by atoms with Crippen molar-refractivity contribution in [2.24, 2.45) is 11.7 Å². The molecular weight excluding hydrogens is 405 g/mol. The molecule has 11 heteroatoms. The van der Waals surface area contributed by atoms with Crippen molar-refractivity contribution in [1.29, 1.82) is 0 Å². The molecule has 1 atom stereocenters. The summed E-state index contributed by atoms with van der Waals surface area (Å²) in [6, 6.07) is 2.05. The third-order valence-electron chi connectivity index (χ3n) is 4.94. The summed E-state index contributed by atoms with van der Waals surface area (Å²) in [5.41, 5.74) is 5.35. The van der Waals surface area contributed by atoms with Gasteiger partial charge in [0, 0.05) is 18.8 Å². The van der Waals surface area contributed by atoms with Crippen molar-refractivity contribution >= 4 is 29.1 Å². The second-order valence-corrected chi connectivity index (χ2v) is 7.35. The highest BCUT2D eigenvalue weighted by Crippen LogP contribution is 2.31. The van der Waals surface area contributed by atoms with Gasteiger partial charge < -0.3 is 20.7 Å². The Hall–Kier alpha value is -2.66. The van der Waals surface area contributed by atoms with Crippen LogP contribution in [-0.4, -0.2) is 67.9 Å². The average molecular weight is 428 g/mol. The average Bonchev–Trinajstić information content (AvgIpc) is 3.46. The minimum Gasteiger partial charge on any atom is -0.370 e. The standard InChI is InChI=1S/C19H23F3N4O4/c20-13-7-12(3-4-14(13)26-5-6-30-10-16(26)27)24-19(29)17(18(23)28)25(9-15(21)22)8-11-1-2-11/h3-4,7,11,15,17H,1-2,5-6,8-10H2,(H2,23,28)(H,24,29)/t17-/m0/s1. The lowest BCUT2D eigenvalue weighted by molar-refractivity contribution is -0.133. The number of amides is 3. The van der Waals surface area contributed by atoms with Crippen molar-refractivity contribution in [3.8, 4) is 0 Å². The number of nitrogens with one attached hydrogen (secondary N) is 1. The van der Waals surface area contributed by atoms with Gasteiger partial charge in [-0.2, -0.15) is 0 Å². The van der Waals surface area contributed by atoms with Crippen LogP contribution in [0.2, 0.25) is 0 Å². The lowest BCUT2D eigenvalue weighted by Crippen LogP contribution is -2.54. The van der Waals surface area contributed by atoms with Gasteiger partial charge in [0.25, 0.3) is 18.2 Å². The zero-order valence-corrected chi connectivity index (χ0v) is 16.2. The van der Waals surface area contributed by atoms with Crippen molar-refractivity contribution in [3.05, 3.63) is 24.0 Å². The molecule has 3 rings (SSSR count). The van der Waals surface area contributed by atoms with Gasteiger partial charge in [0.05, 0.1) is 18.8 Å². The minimum absolute atomic E-state index is 0.0108. The molecule has 1 saturated heterocycles. The number of nitrogens with two attached hydrogens (primary N) is 1. The topological polar surface area (TPSA) is 105 Å². The zero-order chi connectivity index (χ0) is 21.8. The van der Waals surface area contributed by atoms with Gasteiger partial charge in [-0.05, 0) is 37.0 Å². The number of primary amides is 1. The van der Waals surface area contributed by atoms with Crippen LogP contribution >= 0.6 is 0 Å². The molecule has 3 amide bonds. The summed E-state index contributed by atoms with van der Waals surface area (Å²) in [6.45, 7) is -0.319. The van der Waals surface area contributed by atoms with Crippen LogP contribution in [0.15, 0.2) is 18.2 Å². The van der Waals surface area contributed by atoms with Crippen molar-refractivity contribution in [2.75, 3.05) is 43.1 Å². The van der Waals surface area contributed by atoms with Crippen LogP contribution in [0.1, 0.15) is 12.8 Å². The van der Waals surface area contributed by atoms with E-state index in [0.29, 0.717) is 0 Å². The molecule has 0 spiro atoms. The number of carbonyl (C=O) groups is 3. The van der Waals surface area contributed by atoms with E-state index in [1.165, 1.54) is 17.0 Å². The van der Waals surface area contributed by atoms with E-state index >= 15 is 0 Å². The molecule has 1 aliphatic heterocycles. The first kappa shape index (κ1) is 22.0. The molecule has 0 aromatic heterocycles. The highest BCUT2D eigenvalue weighted by Gasteiger charge is 2.36. The minimum atomic E-state index is -2.75. The molecule has 1 heterocycles. The quantitative estimate of drug-likeness (QED) is 0.570. The lowest BCUT2D eigenvalue weighted by atomic mass is 10.1. The number of halogens is 3. The van der Waals surface area contributed by atoms with E-state index in [1.54, 1.807) is 0 Å². The van der Waals surface area contributed by atoms with Crippen molar-refractivity contribution in [2.45, 2.75) is 25.3 Å². The van der Waals surface area contributed by atoms with E-state index in [1.807, 2.05) is 0 Å². The monoisotopic (exact) mass is 428 g/mol. The number of rotatable bonds is 9. The van der Waals surface area contributed by atoms with Crippen LogP contribution in [0, 0.1) is 11.7 Å². The third-order valence-corrected chi connectivity index (χ3v) is 4.94. The Kier molecular flexibility index (Phi) is 6.93. The molecule has 0 unspecified atom stereocenters. The molecule has 0 bridgehead atoms. The fraction of sp³-hybridized carbons (Fsp3) is 0.526. The number of anilines is 2. The van der Waals surface area contributed by atoms with Gasteiger partial charge >= 0.3 is 0 Å². The Labute approximate surface area is 171 Å². The molecule has 3 N–H and O–H groups in total. The SMILES string of the molecule is NC(=O)[C@@H](C(=O)Nc1ccc(N2CCOCC2=O)c(F)c1)N(CC(F)F)CC1CC1. The maximum atomic E-state index is 14.5. The molecule has 1 saturated carbocycles. The maximum Gasteiger partial charge on any atom is 0.253 e. The molecule has 1 aliphatic carbocycles. The Morgan fingerprint density at radius 2 is 2.07 bits per heavy atom. The van der Waals surface area contributed by atoms with E-state index < -0.39 is 42.6 Å². The summed E-state index contributed by atoms with van der Waals surface area (Å²) in [6.07, 6.45) is -1.08. The highest BCUT2D eigenvalue weighted by molar-refractivity contribution is 6.09. The van der Waals surface area contributed by atoms with E-state index in [9.17, 15) is 27.6 Å². The van der Waals surface area contributed by atoms with Crippen LogP contribution in [0.4, 0.5) is 24.5 Å². The van der Waals surface area contributed by atoms with Crippen LogP contribution in [0.3, 0.4) is 0 Å². The fourth-order valence-corrected chi connectivity index (χ4v) is 3.36. The molecule has 2 aliphatic rings. The van der Waals surface area contributed by atoms with Gasteiger partial charge in [0.15, 0.2) is 6.04 Å². The second kappa shape index (κ2) is 9.43. The molecule has 1 aromatic carbocycles. The zero-order valence-electron chi connectivity index (χ0n) is 16.2. The van der Waals surface area contributed by atoms with Crippen LogP contribution in [0.25, 0.3) is 0 Å². The van der Waals surface area contributed by atoms with Gasteiger partial charge in [0.1, 0.15) is 12.4 Å². The van der Waals surface area contributed by atoms with E-state index in [2.05, 4.69) is 5.32 Å². The number of hydrogen-bond donors (Lipinski definition) is 2. The normalized spacial score (nSPS) is 18.0. The third kappa shape index (κ3) is 5.48. The molecule has 1 aromatic rings. The highest BCUT2D eigenvalue weighted by atomic mass is 19.3. The van der Waals surface area contributed by atoms with Gasteiger partial charge in [0.2, 0.25) is 5.91 Å². The summed E-state index contributed by atoms with van der Waals surface area (Å²) in [4.78, 5) is 38.7. The lowest BCUT2D eigenvalue weighted by Gasteiger charge is -2.29. The van der Waals surface area contributed by atoms with Gasteiger partial charge in [-0.1, -0.05) is 0 Å². The number of ether oxygens (including phenoxy) is 1. The van der Waals surface area contributed by atoms with E-state index in [0.717, 1.165) is 23.8 Å². The van der Waals surface area contributed by atoms with Gasteiger partial charge in [-0.25, -0.2) is 13.2 Å².